The molecule has 2 N–H and O–H groups in total. The SMILES string of the molecule is CCCCOc1ccc(C(=O)Oc2ccc3c(c2)OC(N)=C(C#N)C3c2cccc(Cl)c2)cc1. The first-order valence-corrected chi connectivity index (χ1v) is 11.3. The van der Waals surface area contributed by atoms with E-state index < -0.39 is 11.9 Å². The van der Waals surface area contributed by atoms with Gasteiger partial charge in [-0.05, 0) is 54.4 Å². The van der Waals surface area contributed by atoms with Crippen LogP contribution >= 0.6 is 11.6 Å². The minimum absolute atomic E-state index is 0.00196. The Kier molecular flexibility index (Phi) is 7.05. The van der Waals surface area contributed by atoms with Crippen molar-refractivity contribution in [3.63, 3.8) is 0 Å². The molecule has 34 heavy (non-hydrogen) atoms. The highest BCUT2D eigenvalue weighted by Gasteiger charge is 2.31. The number of benzene rings is 3. The van der Waals surface area contributed by atoms with Crippen molar-refractivity contribution in [3.8, 4) is 23.3 Å². The van der Waals surface area contributed by atoms with E-state index in [-0.39, 0.29) is 5.88 Å². The first-order valence-electron chi connectivity index (χ1n) is 10.9. The number of hydrogen-bond acceptors (Lipinski definition) is 6. The summed E-state index contributed by atoms with van der Waals surface area (Å²) < 4.78 is 16.9. The summed E-state index contributed by atoms with van der Waals surface area (Å²) >= 11 is 6.17. The van der Waals surface area contributed by atoms with Crippen LogP contribution < -0.4 is 19.9 Å². The number of carbonyl (C=O) groups is 1. The van der Waals surface area contributed by atoms with E-state index in [1.54, 1.807) is 54.6 Å². The van der Waals surface area contributed by atoms with Gasteiger partial charge in [-0.1, -0.05) is 43.1 Å². The maximum atomic E-state index is 12.6. The van der Waals surface area contributed by atoms with Gasteiger partial charge in [-0.2, -0.15) is 5.26 Å². The van der Waals surface area contributed by atoms with Crippen molar-refractivity contribution in [2.45, 2.75) is 25.7 Å². The Morgan fingerprint density at radius 3 is 2.59 bits per heavy atom. The summed E-state index contributed by atoms with van der Waals surface area (Å²) in [5, 5.41) is 10.2. The van der Waals surface area contributed by atoms with Crippen molar-refractivity contribution in [2.24, 2.45) is 5.73 Å². The Hall–Kier alpha value is -3.95. The van der Waals surface area contributed by atoms with Gasteiger partial charge in [-0.25, -0.2) is 4.79 Å². The molecule has 3 aromatic carbocycles. The zero-order chi connectivity index (χ0) is 24.1. The summed E-state index contributed by atoms with van der Waals surface area (Å²) in [6.07, 6.45) is 2.02. The van der Waals surface area contributed by atoms with Crippen molar-refractivity contribution in [1.82, 2.24) is 0 Å². The summed E-state index contributed by atoms with van der Waals surface area (Å²) in [7, 11) is 0. The van der Waals surface area contributed by atoms with Crippen LogP contribution in [-0.2, 0) is 0 Å². The number of halogens is 1. The molecule has 3 aromatic rings. The number of nitrogens with two attached hydrogens (primary N) is 1. The predicted molar refractivity (Wildman–Crippen MR) is 129 cm³/mol. The fraction of sp³-hybridized carbons (Fsp3) is 0.185. The molecule has 0 bridgehead atoms. The molecule has 0 spiro atoms. The predicted octanol–water partition coefficient (Wildman–Crippen LogP) is 5.96. The Morgan fingerprint density at radius 1 is 1.12 bits per heavy atom. The normalized spacial score (nSPS) is 14.6. The summed E-state index contributed by atoms with van der Waals surface area (Å²) in [6.45, 7) is 2.73. The van der Waals surface area contributed by atoms with Crippen LogP contribution in [0.5, 0.6) is 17.2 Å². The van der Waals surface area contributed by atoms with Crippen molar-refractivity contribution < 1.29 is 19.0 Å². The molecule has 0 aliphatic carbocycles. The third-order valence-corrected chi connectivity index (χ3v) is 5.67. The molecule has 1 atom stereocenters. The molecule has 0 aromatic heterocycles. The summed E-state index contributed by atoms with van der Waals surface area (Å²) in [5.74, 6) is 0.453. The fourth-order valence-corrected chi connectivity index (χ4v) is 3.91. The van der Waals surface area contributed by atoms with Gasteiger partial charge in [0.2, 0.25) is 5.88 Å². The third-order valence-electron chi connectivity index (χ3n) is 5.44. The molecule has 0 saturated carbocycles. The van der Waals surface area contributed by atoms with Crippen molar-refractivity contribution >= 4 is 17.6 Å². The van der Waals surface area contributed by atoms with Crippen molar-refractivity contribution in [1.29, 1.82) is 5.26 Å². The highest BCUT2D eigenvalue weighted by molar-refractivity contribution is 6.30. The van der Waals surface area contributed by atoms with Gasteiger partial charge in [0.15, 0.2) is 0 Å². The molecule has 7 heteroatoms. The number of rotatable bonds is 7. The number of ether oxygens (including phenoxy) is 3. The molecular formula is C27H23ClN2O4. The van der Waals surface area contributed by atoms with E-state index in [0.29, 0.717) is 40.0 Å². The zero-order valence-electron chi connectivity index (χ0n) is 18.6. The lowest BCUT2D eigenvalue weighted by molar-refractivity contribution is 0.0734. The van der Waals surface area contributed by atoms with Gasteiger partial charge >= 0.3 is 5.97 Å². The number of nitriles is 1. The molecule has 1 heterocycles. The molecular weight excluding hydrogens is 452 g/mol. The first kappa shape index (κ1) is 23.2. The lowest BCUT2D eigenvalue weighted by Gasteiger charge is -2.26. The molecule has 0 saturated heterocycles. The Bertz CT molecular complexity index is 1280. The smallest absolute Gasteiger partial charge is 0.343 e. The average molecular weight is 475 g/mol. The Labute approximate surface area is 203 Å². The van der Waals surface area contributed by atoms with E-state index in [2.05, 4.69) is 13.0 Å². The van der Waals surface area contributed by atoms with Crippen LogP contribution in [0.1, 0.15) is 47.2 Å². The van der Waals surface area contributed by atoms with Crippen LogP contribution in [0.4, 0.5) is 0 Å². The number of allylic oxidation sites excluding steroid dienone is 1. The van der Waals surface area contributed by atoms with Crippen LogP contribution in [0.3, 0.4) is 0 Å². The molecule has 172 valence electrons. The summed E-state index contributed by atoms with van der Waals surface area (Å²) in [6, 6.07) is 21.2. The molecule has 0 amide bonds. The maximum absolute atomic E-state index is 12.6. The monoisotopic (exact) mass is 474 g/mol. The number of carbonyl (C=O) groups excluding carboxylic acids is 1. The van der Waals surface area contributed by atoms with E-state index in [4.69, 9.17) is 31.5 Å². The minimum atomic E-state index is -0.511. The van der Waals surface area contributed by atoms with Gasteiger partial charge in [0, 0.05) is 16.7 Å². The molecule has 0 fully saturated rings. The van der Waals surface area contributed by atoms with Crippen LogP contribution in [0.15, 0.2) is 78.2 Å². The maximum Gasteiger partial charge on any atom is 0.343 e. The Balaban J connectivity index is 1.56. The molecule has 1 unspecified atom stereocenters. The number of nitrogens with zero attached hydrogens (tertiary/aromatic N) is 1. The highest BCUT2D eigenvalue weighted by atomic mass is 35.5. The first-order chi connectivity index (χ1) is 16.5. The van der Waals surface area contributed by atoms with Crippen LogP contribution in [-0.4, -0.2) is 12.6 Å². The number of fused-ring (bicyclic) bond motifs is 1. The van der Waals surface area contributed by atoms with E-state index in [1.165, 1.54) is 0 Å². The molecule has 1 aliphatic rings. The van der Waals surface area contributed by atoms with Gasteiger partial charge in [0.05, 0.1) is 18.1 Å². The standard InChI is InChI=1S/C27H23ClN2O4/c1-2-3-13-32-20-9-7-17(8-10-20)27(31)33-21-11-12-22-24(15-21)34-26(30)23(16-29)25(22)18-5-4-6-19(28)14-18/h4-12,14-15,25H,2-3,13,30H2,1H3. The summed E-state index contributed by atoms with van der Waals surface area (Å²) in [5.41, 5.74) is 8.27. The third kappa shape index (κ3) is 5.00. The van der Waals surface area contributed by atoms with Gasteiger partial charge < -0.3 is 19.9 Å². The van der Waals surface area contributed by atoms with Gasteiger partial charge in [-0.15, -0.1) is 0 Å². The van der Waals surface area contributed by atoms with Crippen LogP contribution in [0.25, 0.3) is 0 Å². The second-order valence-corrected chi connectivity index (χ2v) is 8.23. The number of unbranched alkanes of at least 4 members (excludes halogenated alkanes) is 1. The van der Waals surface area contributed by atoms with Crippen LogP contribution in [0, 0.1) is 11.3 Å². The van der Waals surface area contributed by atoms with E-state index in [0.717, 1.165) is 24.0 Å². The van der Waals surface area contributed by atoms with E-state index in [1.807, 2.05) is 12.1 Å². The van der Waals surface area contributed by atoms with Gasteiger partial charge in [-0.3, -0.25) is 0 Å². The van der Waals surface area contributed by atoms with Crippen LogP contribution in [0.2, 0.25) is 5.02 Å². The lowest BCUT2D eigenvalue weighted by Crippen LogP contribution is -2.21. The zero-order valence-corrected chi connectivity index (χ0v) is 19.3. The van der Waals surface area contributed by atoms with Crippen molar-refractivity contribution in [3.05, 3.63) is 99.9 Å². The Morgan fingerprint density at radius 2 is 1.88 bits per heavy atom. The second kappa shape index (κ2) is 10.3. The highest BCUT2D eigenvalue weighted by Crippen LogP contribution is 2.43. The van der Waals surface area contributed by atoms with Gasteiger partial charge in [0.25, 0.3) is 0 Å². The molecule has 0 radical (unpaired) electrons. The average Bonchev–Trinajstić information content (AvgIpc) is 2.83. The lowest BCUT2D eigenvalue weighted by atomic mass is 9.83. The fourth-order valence-electron chi connectivity index (χ4n) is 3.72. The minimum Gasteiger partial charge on any atom is -0.494 e. The molecule has 6 nitrogen and oxygen atoms in total. The number of hydrogen-bond donors (Lipinski definition) is 1. The van der Waals surface area contributed by atoms with E-state index in [9.17, 15) is 10.1 Å². The van der Waals surface area contributed by atoms with E-state index >= 15 is 0 Å². The molecule has 4 rings (SSSR count). The van der Waals surface area contributed by atoms with Crippen molar-refractivity contribution in [2.75, 3.05) is 6.61 Å². The second-order valence-electron chi connectivity index (χ2n) is 7.80. The van der Waals surface area contributed by atoms with Gasteiger partial charge in [0.1, 0.15) is 28.9 Å². The quantitative estimate of drug-likeness (QED) is 0.258. The summed E-state index contributed by atoms with van der Waals surface area (Å²) in [4.78, 5) is 12.6. The number of esters is 1. The topological polar surface area (TPSA) is 94.6 Å². The molecule has 1 aliphatic heterocycles. The largest absolute Gasteiger partial charge is 0.494 e.